The first-order valence-corrected chi connectivity index (χ1v) is 6.26. The molecule has 0 aliphatic rings. The molecule has 0 amide bonds. The number of benzene rings is 2. The predicted molar refractivity (Wildman–Crippen MR) is 74.7 cm³/mol. The molecule has 0 atom stereocenters. The Bertz CT molecular complexity index is 735. The van der Waals surface area contributed by atoms with Crippen LogP contribution in [0.15, 0.2) is 36.4 Å². The van der Waals surface area contributed by atoms with Crippen LogP contribution in [0.5, 0.6) is 5.75 Å². The summed E-state index contributed by atoms with van der Waals surface area (Å²) in [6.45, 7) is 2.11. The van der Waals surface area contributed by atoms with Crippen LogP contribution < -0.4 is 4.74 Å². The molecule has 0 aromatic heterocycles. The lowest BCUT2D eigenvalue weighted by molar-refractivity contribution is 0.0696. The van der Waals surface area contributed by atoms with Crippen LogP contribution >= 0.6 is 0 Å². The Morgan fingerprint density at radius 1 is 1.33 bits per heavy atom. The molecule has 0 bridgehead atoms. The fraction of sp³-hybridized carbons (Fsp3) is 0.125. The lowest BCUT2D eigenvalue weighted by Crippen LogP contribution is -2.00. The molecular formula is C16H12FNO3. The lowest BCUT2D eigenvalue weighted by atomic mass is 10.0. The van der Waals surface area contributed by atoms with Crippen molar-refractivity contribution >= 4 is 5.97 Å². The highest BCUT2D eigenvalue weighted by Crippen LogP contribution is 2.32. The molecule has 0 radical (unpaired) electrons. The molecule has 2 aromatic rings. The molecule has 5 heteroatoms. The first-order chi connectivity index (χ1) is 10.0. The maximum atomic E-state index is 13.5. The van der Waals surface area contributed by atoms with Crippen molar-refractivity contribution in [1.29, 1.82) is 5.26 Å². The summed E-state index contributed by atoms with van der Waals surface area (Å²) in [5.74, 6) is -1.26. The van der Waals surface area contributed by atoms with Crippen LogP contribution in [0.1, 0.15) is 22.8 Å². The van der Waals surface area contributed by atoms with E-state index in [4.69, 9.17) is 15.1 Å². The molecule has 2 rings (SSSR count). The van der Waals surface area contributed by atoms with E-state index in [9.17, 15) is 9.18 Å². The maximum absolute atomic E-state index is 13.5. The summed E-state index contributed by atoms with van der Waals surface area (Å²) in [6, 6.07) is 10.2. The van der Waals surface area contributed by atoms with E-state index < -0.39 is 11.8 Å². The average Bonchev–Trinajstić information content (AvgIpc) is 2.46. The minimum absolute atomic E-state index is 0.0825. The van der Waals surface area contributed by atoms with E-state index in [2.05, 4.69) is 0 Å². The minimum Gasteiger partial charge on any atom is -0.493 e. The summed E-state index contributed by atoms with van der Waals surface area (Å²) in [5.41, 5.74) is 1.28. The highest BCUT2D eigenvalue weighted by atomic mass is 19.1. The average molecular weight is 285 g/mol. The van der Waals surface area contributed by atoms with Gasteiger partial charge in [0.15, 0.2) is 0 Å². The SMILES string of the molecule is CCOc1cc(C(=O)O)ccc1-c1cc(F)cc(C#N)c1. The Kier molecular flexibility index (Phi) is 4.19. The second kappa shape index (κ2) is 6.06. The van der Waals surface area contributed by atoms with Crippen LogP contribution in [0.3, 0.4) is 0 Å². The van der Waals surface area contributed by atoms with Crippen LogP contribution in [0.25, 0.3) is 11.1 Å². The number of hydrogen-bond acceptors (Lipinski definition) is 3. The first-order valence-electron chi connectivity index (χ1n) is 6.26. The van der Waals surface area contributed by atoms with Crippen molar-refractivity contribution < 1.29 is 19.0 Å². The van der Waals surface area contributed by atoms with E-state index in [1.165, 1.54) is 24.3 Å². The van der Waals surface area contributed by atoms with Gasteiger partial charge in [-0.15, -0.1) is 0 Å². The number of carbonyl (C=O) groups is 1. The normalized spacial score (nSPS) is 9.95. The van der Waals surface area contributed by atoms with Crippen molar-refractivity contribution in [2.45, 2.75) is 6.92 Å². The van der Waals surface area contributed by atoms with E-state index in [-0.39, 0.29) is 11.1 Å². The number of aromatic carboxylic acids is 1. The van der Waals surface area contributed by atoms with Gasteiger partial charge in [0.25, 0.3) is 0 Å². The molecule has 0 saturated heterocycles. The molecule has 0 unspecified atom stereocenters. The molecule has 0 spiro atoms. The Labute approximate surface area is 121 Å². The van der Waals surface area contributed by atoms with E-state index in [1.54, 1.807) is 13.0 Å². The standard InChI is InChI=1S/C16H12FNO3/c1-2-21-15-8-11(16(19)20)3-4-14(15)12-5-10(9-18)6-13(17)7-12/h3-8H,2H2,1H3,(H,19,20). The van der Waals surface area contributed by atoms with Crippen LogP contribution in [-0.2, 0) is 0 Å². The molecule has 0 aliphatic carbocycles. The van der Waals surface area contributed by atoms with Crippen LogP contribution in [0.2, 0.25) is 0 Å². The molecule has 0 heterocycles. The van der Waals surface area contributed by atoms with E-state index in [0.717, 1.165) is 6.07 Å². The molecule has 0 aliphatic heterocycles. The van der Waals surface area contributed by atoms with E-state index in [1.807, 2.05) is 6.07 Å². The number of ether oxygens (including phenoxy) is 1. The van der Waals surface area contributed by atoms with Crippen molar-refractivity contribution in [3.8, 4) is 22.9 Å². The van der Waals surface area contributed by atoms with Crippen molar-refractivity contribution in [1.82, 2.24) is 0 Å². The molecule has 1 N–H and O–H groups in total. The number of halogens is 1. The van der Waals surface area contributed by atoms with Crippen molar-refractivity contribution in [2.75, 3.05) is 6.61 Å². The molecule has 0 saturated carbocycles. The zero-order valence-electron chi connectivity index (χ0n) is 11.3. The summed E-state index contributed by atoms with van der Waals surface area (Å²) in [4.78, 5) is 11.0. The Morgan fingerprint density at radius 3 is 2.71 bits per heavy atom. The maximum Gasteiger partial charge on any atom is 0.335 e. The Hall–Kier alpha value is -2.87. The highest BCUT2D eigenvalue weighted by molar-refractivity contribution is 5.89. The minimum atomic E-state index is -1.07. The summed E-state index contributed by atoms with van der Waals surface area (Å²) < 4.78 is 19.0. The van der Waals surface area contributed by atoms with Gasteiger partial charge in [-0.3, -0.25) is 0 Å². The van der Waals surface area contributed by atoms with Gasteiger partial charge in [-0.2, -0.15) is 5.26 Å². The molecule has 106 valence electrons. The smallest absolute Gasteiger partial charge is 0.335 e. The molecule has 0 fully saturated rings. The quantitative estimate of drug-likeness (QED) is 0.933. The predicted octanol–water partition coefficient (Wildman–Crippen LogP) is 3.46. The van der Waals surface area contributed by atoms with Gasteiger partial charge in [0.05, 0.1) is 23.8 Å². The van der Waals surface area contributed by atoms with Crippen molar-refractivity contribution in [3.63, 3.8) is 0 Å². The number of rotatable bonds is 4. The van der Waals surface area contributed by atoms with Gasteiger partial charge in [-0.25, -0.2) is 9.18 Å². The van der Waals surface area contributed by atoms with Crippen LogP contribution in [0, 0.1) is 17.1 Å². The van der Waals surface area contributed by atoms with Gasteiger partial charge < -0.3 is 9.84 Å². The third kappa shape index (κ3) is 3.18. The molecule has 21 heavy (non-hydrogen) atoms. The van der Waals surface area contributed by atoms with E-state index in [0.29, 0.717) is 23.5 Å². The second-order valence-corrected chi connectivity index (χ2v) is 4.29. The second-order valence-electron chi connectivity index (χ2n) is 4.29. The highest BCUT2D eigenvalue weighted by Gasteiger charge is 2.12. The van der Waals surface area contributed by atoms with Crippen LogP contribution in [-0.4, -0.2) is 17.7 Å². The number of carboxylic acids is 1. The summed E-state index contributed by atoms with van der Waals surface area (Å²) in [7, 11) is 0. The third-order valence-corrected chi connectivity index (χ3v) is 2.87. The van der Waals surface area contributed by atoms with Gasteiger partial charge in [-0.05, 0) is 48.9 Å². The van der Waals surface area contributed by atoms with Gasteiger partial charge in [0.2, 0.25) is 0 Å². The summed E-state index contributed by atoms with van der Waals surface area (Å²) in [6.07, 6.45) is 0. The zero-order chi connectivity index (χ0) is 15.4. The fourth-order valence-electron chi connectivity index (χ4n) is 1.98. The number of nitrogens with zero attached hydrogens (tertiary/aromatic N) is 1. The van der Waals surface area contributed by atoms with Gasteiger partial charge in [0, 0.05) is 5.56 Å². The van der Waals surface area contributed by atoms with Gasteiger partial charge in [0.1, 0.15) is 11.6 Å². The number of hydrogen-bond donors (Lipinski definition) is 1. The van der Waals surface area contributed by atoms with Crippen LogP contribution in [0.4, 0.5) is 4.39 Å². The Balaban J connectivity index is 2.60. The first kappa shape index (κ1) is 14.5. The third-order valence-electron chi connectivity index (χ3n) is 2.87. The largest absolute Gasteiger partial charge is 0.493 e. The number of nitriles is 1. The lowest BCUT2D eigenvalue weighted by Gasteiger charge is -2.11. The van der Waals surface area contributed by atoms with Crippen molar-refractivity contribution in [3.05, 3.63) is 53.3 Å². The Morgan fingerprint density at radius 2 is 2.10 bits per heavy atom. The summed E-state index contributed by atoms with van der Waals surface area (Å²) in [5, 5.41) is 17.9. The summed E-state index contributed by atoms with van der Waals surface area (Å²) >= 11 is 0. The fourth-order valence-corrected chi connectivity index (χ4v) is 1.98. The van der Waals surface area contributed by atoms with E-state index >= 15 is 0 Å². The van der Waals surface area contributed by atoms with Gasteiger partial charge >= 0.3 is 5.97 Å². The number of carboxylic acid groups (broad SMARTS) is 1. The molecule has 2 aromatic carbocycles. The zero-order valence-corrected chi connectivity index (χ0v) is 11.3. The molecule has 4 nitrogen and oxygen atoms in total. The van der Waals surface area contributed by atoms with Gasteiger partial charge in [-0.1, -0.05) is 0 Å². The van der Waals surface area contributed by atoms with Crippen molar-refractivity contribution in [2.24, 2.45) is 0 Å². The monoisotopic (exact) mass is 285 g/mol. The molecular weight excluding hydrogens is 273 g/mol. The topological polar surface area (TPSA) is 70.3 Å².